The highest BCUT2D eigenvalue weighted by atomic mass is 79.9. The van der Waals surface area contributed by atoms with Gasteiger partial charge in [0, 0.05) is 16.6 Å². The van der Waals surface area contributed by atoms with E-state index in [0.717, 1.165) is 10.5 Å². The number of nitro groups is 1. The summed E-state index contributed by atoms with van der Waals surface area (Å²) in [5, 5.41) is 10.6. The second-order valence-electron chi connectivity index (χ2n) is 3.77. The molecular weight excluding hydrogens is 350 g/mol. The van der Waals surface area contributed by atoms with Crippen molar-refractivity contribution in [3.63, 3.8) is 0 Å². The molecule has 0 heterocycles. The number of rotatable bonds is 3. The standard InChI is InChI=1S/C13H7BrClNO4/c14-8-2-1-3-10(6-8)20-13(17)11-5-4-9(16(18)19)7-12(11)15/h1-7H. The maximum atomic E-state index is 11.9. The summed E-state index contributed by atoms with van der Waals surface area (Å²) >= 11 is 9.11. The van der Waals surface area contributed by atoms with Crippen molar-refractivity contribution in [2.45, 2.75) is 0 Å². The lowest BCUT2D eigenvalue weighted by atomic mass is 10.2. The second kappa shape index (κ2) is 6.02. The zero-order valence-electron chi connectivity index (χ0n) is 9.88. The van der Waals surface area contributed by atoms with Gasteiger partial charge >= 0.3 is 5.97 Å². The molecule has 0 aliphatic carbocycles. The molecule has 0 amide bonds. The number of nitrogens with zero attached hydrogens (tertiary/aromatic N) is 1. The summed E-state index contributed by atoms with van der Waals surface area (Å²) in [4.78, 5) is 21.9. The fraction of sp³-hybridized carbons (Fsp3) is 0. The minimum absolute atomic E-state index is 0.0285. The molecule has 20 heavy (non-hydrogen) atoms. The van der Waals surface area contributed by atoms with Gasteiger partial charge in [-0.15, -0.1) is 0 Å². The molecule has 0 bridgehead atoms. The number of nitro benzene ring substituents is 1. The van der Waals surface area contributed by atoms with Gasteiger partial charge in [-0.2, -0.15) is 0 Å². The Morgan fingerprint density at radius 1 is 1.25 bits per heavy atom. The minimum Gasteiger partial charge on any atom is -0.423 e. The number of esters is 1. The van der Waals surface area contributed by atoms with Crippen LogP contribution in [0, 0.1) is 10.1 Å². The Kier molecular flexibility index (Phi) is 4.36. The van der Waals surface area contributed by atoms with E-state index in [2.05, 4.69) is 15.9 Å². The van der Waals surface area contributed by atoms with Crippen molar-refractivity contribution >= 4 is 39.2 Å². The van der Waals surface area contributed by atoms with Crippen molar-refractivity contribution in [2.24, 2.45) is 0 Å². The minimum atomic E-state index is -0.678. The molecule has 0 aliphatic heterocycles. The lowest BCUT2D eigenvalue weighted by Gasteiger charge is -2.06. The predicted molar refractivity (Wildman–Crippen MR) is 77.2 cm³/mol. The van der Waals surface area contributed by atoms with Crippen molar-refractivity contribution in [3.05, 3.63) is 67.6 Å². The van der Waals surface area contributed by atoms with E-state index < -0.39 is 10.9 Å². The zero-order chi connectivity index (χ0) is 14.7. The van der Waals surface area contributed by atoms with Crippen molar-refractivity contribution in [1.29, 1.82) is 0 Å². The summed E-state index contributed by atoms with van der Waals surface area (Å²) in [7, 11) is 0. The Balaban J connectivity index is 2.23. The van der Waals surface area contributed by atoms with Gasteiger partial charge in [0.1, 0.15) is 5.75 Å². The lowest BCUT2D eigenvalue weighted by molar-refractivity contribution is -0.384. The molecule has 2 rings (SSSR count). The van der Waals surface area contributed by atoms with Gasteiger partial charge in [0.05, 0.1) is 15.5 Å². The molecule has 0 N–H and O–H groups in total. The highest BCUT2D eigenvalue weighted by molar-refractivity contribution is 9.10. The SMILES string of the molecule is O=C(Oc1cccc(Br)c1)c1ccc([N+](=O)[O-])cc1Cl. The molecule has 0 aromatic heterocycles. The van der Waals surface area contributed by atoms with Crippen LogP contribution in [-0.2, 0) is 0 Å². The number of non-ortho nitro benzene ring substituents is 1. The van der Waals surface area contributed by atoms with Crippen LogP contribution in [-0.4, -0.2) is 10.9 Å². The van der Waals surface area contributed by atoms with Crippen LogP contribution in [0.2, 0.25) is 5.02 Å². The Bertz CT molecular complexity index is 690. The van der Waals surface area contributed by atoms with Crippen LogP contribution >= 0.6 is 27.5 Å². The quantitative estimate of drug-likeness (QED) is 0.357. The van der Waals surface area contributed by atoms with E-state index in [4.69, 9.17) is 16.3 Å². The molecule has 102 valence electrons. The third-order valence-electron chi connectivity index (χ3n) is 2.39. The van der Waals surface area contributed by atoms with Gasteiger partial charge < -0.3 is 4.74 Å². The molecule has 0 atom stereocenters. The Morgan fingerprint density at radius 3 is 2.60 bits per heavy atom. The van der Waals surface area contributed by atoms with E-state index in [1.54, 1.807) is 24.3 Å². The highest BCUT2D eigenvalue weighted by Crippen LogP contribution is 2.25. The van der Waals surface area contributed by atoms with Crippen LogP contribution in [0.25, 0.3) is 0 Å². The molecule has 0 saturated carbocycles. The maximum absolute atomic E-state index is 11.9. The van der Waals surface area contributed by atoms with E-state index in [0.29, 0.717) is 5.75 Å². The molecular formula is C13H7BrClNO4. The molecule has 2 aromatic rings. The normalized spacial score (nSPS) is 10.1. The molecule has 0 aliphatic rings. The van der Waals surface area contributed by atoms with E-state index in [1.165, 1.54) is 12.1 Å². The Hall–Kier alpha value is -1.92. The van der Waals surface area contributed by atoms with Crippen LogP contribution < -0.4 is 4.74 Å². The molecule has 7 heteroatoms. The van der Waals surface area contributed by atoms with Crippen LogP contribution in [0.5, 0.6) is 5.75 Å². The fourth-order valence-electron chi connectivity index (χ4n) is 1.48. The van der Waals surface area contributed by atoms with E-state index in [9.17, 15) is 14.9 Å². The molecule has 0 fully saturated rings. The van der Waals surface area contributed by atoms with E-state index >= 15 is 0 Å². The largest absolute Gasteiger partial charge is 0.423 e. The number of carbonyl (C=O) groups is 1. The number of ether oxygens (including phenoxy) is 1. The fourth-order valence-corrected chi connectivity index (χ4v) is 2.11. The second-order valence-corrected chi connectivity index (χ2v) is 5.09. The average molecular weight is 357 g/mol. The number of hydrogen-bond acceptors (Lipinski definition) is 4. The first-order valence-electron chi connectivity index (χ1n) is 5.39. The van der Waals surface area contributed by atoms with Gasteiger partial charge in [-0.1, -0.05) is 33.6 Å². The van der Waals surface area contributed by atoms with Gasteiger partial charge in [-0.3, -0.25) is 10.1 Å². The van der Waals surface area contributed by atoms with Crippen LogP contribution in [0.3, 0.4) is 0 Å². The third kappa shape index (κ3) is 3.34. The first kappa shape index (κ1) is 14.5. The first-order chi connectivity index (χ1) is 9.47. The Morgan fingerprint density at radius 2 is 2.00 bits per heavy atom. The summed E-state index contributed by atoms with van der Waals surface area (Å²) in [5.74, 6) is -0.332. The molecule has 0 saturated heterocycles. The highest BCUT2D eigenvalue weighted by Gasteiger charge is 2.16. The molecule has 5 nitrogen and oxygen atoms in total. The van der Waals surface area contributed by atoms with Gasteiger partial charge in [0.2, 0.25) is 0 Å². The number of carbonyl (C=O) groups excluding carboxylic acids is 1. The summed E-state index contributed by atoms with van der Waals surface area (Å²) in [5.41, 5.74) is -0.119. The molecule has 0 spiro atoms. The summed E-state index contributed by atoms with van der Waals surface area (Å²) in [6.07, 6.45) is 0. The predicted octanol–water partition coefficient (Wildman–Crippen LogP) is 4.23. The summed E-state index contributed by atoms with van der Waals surface area (Å²) in [6, 6.07) is 10.3. The lowest BCUT2D eigenvalue weighted by Crippen LogP contribution is -2.09. The van der Waals surface area contributed by atoms with Crippen LogP contribution in [0.4, 0.5) is 5.69 Å². The number of benzene rings is 2. The van der Waals surface area contributed by atoms with Crippen LogP contribution in [0.1, 0.15) is 10.4 Å². The van der Waals surface area contributed by atoms with E-state index in [-0.39, 0.29) is 16.3 Å². The van der Waals surface area contributed by atoms with Crippen molar-refractivity contribution in [3.8, 4) is 5.75 Å². The molecule has 0 unspecified atom stereocenters. The van der Waals surface area contributed by atoms with Gasteiger partial charge in [0.15, 0.2) is 0 Å². The van der Waals surface area contributed by atoms with Crippen molar-refractivity contribution in [1.82, 2.24) is 0 Å². The van der Waals surface area contributed by atoms with Gasteiger partial charge in [-0.05, 0) is 24.3 Å². The van der Waals surface area contributed by atoms with Crippen LogP contribution in [0.15, 0.2) is 46.9 Å². The first-order valence-corrected chi connectivity index (χ1v) is 6.56. The number of hydrogen-bond donors (Lipinski definition) is 0. The third-order valence-corrected chi connectivity index (χ3v) is 3.20. The Labute approximate surface area is 127 Å². The maximum Gasteiger partial charge on any atom is 0.345 e. The number of halogens is 2. The van der Waals surface area contributed by atoms with Crippen molar-refractivity contribution in [2.75, 3.05) is 0 Å². The zero-order valence-corrected chi connectivity index (χ0v) is 12.2. The molecule has 0 radical (unpaired) electrons. The average Bonchev–Trinajstić information content (AvgIpc) is 2.38. The van der Waals surface area contributed by atoms with Crippen molar-refractivity contribution < 1.29 is 14.5 Å². The molecule has 2 aromatic carbocycles. The smallest absolute Gasteiger partial charge is 0.345 e. The topological polar surface area (TPSA) is 69.4 Å². The van der Waals surface area contributed by atoms with Gasteiger partial charge in [-0.25, -0.2) is 4.79 Å². The monoisotopic (exact) mass is 355 g/mol. The summed E-state index contributed by atoms with van der Waals surface area (Å²) < 4.78 is 5.90. The summed E-state index contributed by atoms with van der Waals surface area (Å²) in [6.45, 7) is 0. The van der Waals surface area contributed by atoms with Gasteiger partial charge in [0.25, 0.3) is 5.69 Å². The van der Waals surface area contributed by atoms with E-state index in [1.807, 2.05) is 0 Å².